The van der Waals surface area contributed by atoms with Crippen LogP contribution in [0.1, 0.15) is 25.8 Å². The molecule has 0 bridgehead atoms. The van der Waals surface area contributed by atoms with Crippen molar-refractivity contribution in [3.05, 3.63) is 33.9 Å². The third-order valence-electron chi connectivity index (χ3n) is 2.55. The van der Waals surface area contributed by atoms with Crippen LogP contribution in [-0.4, -0.2) is 21.1 Å². The average molecular weight is 239 g/mol. The number of phenols is 1. The molecule has 0 heterocycles. The van der Waals surface area contributed by atoms with Crippen LogP contribution in [0.5, 0.6) is 5.75 Å². The fourth-order valence-electron chi connectivity index (χ4n) is 1.58. The van der Waals surface area contributed by atoms with Gasteiger partial charge in [-0.05, 0) is 11.6 Å². The number of benzene rings is 1. The van der Waals surface area contributed by atoms with E-state index in [4.69, 9.17) is 5.11 Å². The van der Waals surface area contributed by atoms with Gasteiger partial charge in [0, 0.05) is 11.5 Å². The van der Waals surface area contributed by atoms with Crippen molar-refractivity contribution >= 4 is 11.7 Å². The minimum absolute atomic E-state index is 0.121. The fraction of sp³-hybridized carbons (Fsp3) is 0.364. The molecule has 6 heteroatoms. The molecular formula is C11H13NO5. The predicted molar refractivity (Wildman–Crippen MR) is 60.0 cm³/mol. The molecule has 0 radical (unpaired) electrons. The van der Waals surface area contributed by atoms with Crippen molar-refractivity contribution in [2.24, 2.45) is 0 Å². The molecule has 0 saturated heterocycles. The Bertz CT molecular complexity index is 467. The highest BCUT2D eigenvalue weighted by molar-refractivity contribution is 5.69. The zero-order valence-corrected chi connectivity index (χ0v) is 9.51. The summed E-state index contributed by atoms with van der Waals surface area (Å²) in [5.74, 6) is -1.42. The zero-order valence-electron chi connectivity index (χ0n) is 9.51. The van der Waals surface area contributed by atoms with Crippen molar-refractivity contribution in [3.8, 4) is 5.75 Å². The van der Waals surface area contributed by atoms with Gasteiger partial charge in [-0.15, -0.1) is 0 Å². The molecule has 0 aliphatic carbocycles. The second kappa shape index (κ2) is 4.40. The molecule has 0 spiro atoms. The number of nitro benzene ring substituents is 1. The number of hydrogen-bond acceptors (Lipinski definition) is 4. The second-order valence-electron chi connectivity index (χ2n) is 4.42. The molecule has 1 aromatic rings. The molecule has 17 heavy (non-hydrogen) atoms. The standard InChI is InChI=1S/C11H13NO5/c1-11(2,6-10(14)15)7-3-4-8(12(16)17)9(13)5-7/h3-5,13H,6H2,1-2H3,(H,14,15). The van der Waals surface area contributed by atoms with Crippen molar-refractivity contribution in [1.29, 1.82) is 0 Å². The van der Waals surface area contributed by atoms with Crippen LogP contribution in [0.25, 0.3) is 0 Å². The first-order valence-corrected chi connectivity index (χ1v) is 4.94. The lowest BCUT2D eigenvalue weighted by molar-refractivity contribution is -0.385. The molecule has 1 rings (SSSR count). The van der Waals surface area contributed by atoms with Crippen LogP contribution in [0.2, 0.25) is 0 Å². The van der Waals surface area contributed by atoms with Crippen LogP contribution < -0.4 is 0 Å². The van der Waals surface area contributed by atoms with Gasteiger partial charge >= 0.3 is 11.7 Å². The average Bonchev–Trinajstić information content (AvgIpc) is 2.14. The third kappa shape index (κ3) is 2.93. The summed E-state index contributed by atoms with van der Waals surface area (Å²) in [5.41, 5.74) is -0.541. The summed E-state index contributed by atoms with van der Waals surface area (Å²) in [7, 11) is 0. The Labute approximate surface area is 97.7 Å². The maximum Gasteiger partial charge on any atom is 0.310 e. The van der Waals surface area contributed by atoms with Crippen molar-refractivity contribution in [3.63, 3.8) is 0 Å². The summed E-state index contributed by atoms with van der Waals surface area (Å²) in [5, 5.41) is 28.7. The smallest absolute Gasteiger partial charge is 0.310 e. The van der Waals surface area contributed by atoms with Gasteiger partial charge in [-0.1, -0.05) is 19.9 Å². The monoisotopic (exact) mass is 239 g/mol. The summed E-state index contributed by atoms with van der Waals surface area (Å²) in [6.45, 7) is 3.39. The number of nitro groups is 1. The summed E-state index contributed by atoms with van der Waals surface area (Å²) < 4.78 is 0. The molecule has 0 fully saturated rings. The van der Waals surface area contributed by atoms with Crippen molar-refractivity contribution in [1.82, 2.24) is 0 Å². The lowest BCUT2D eigenvalue weighted by atomic mass is 9.81. The Kier molecular flexibility index (Phi) is 3.36. The van der Waals surface area contributed by atoms with E-state index in [-0.39, 0.29) is 12.1 Å². The fourth-order valence-corrected chi connectivity index (χ4v) is 1.58. The summed E-state index contributed by atoms with van der Waals surface area (Å²) >= 11 is 0. The Hall–Kier alpha value is -2.11. The van der Waals surface area contributed by atoms with E-state index in [1.165, 1.54) is 18.2 Å². The molecule has 0 unspecified atom stereocenters. The number of carbonyl (C=O) groups is 1. The van der Waals surface area contributed by atoms with Crippen LogP contribution in [0.4, 0.5) is 5.69 Å². The van der Waals surface area contributed by atoms with Crippen LogP contribution in [0.15, 0.2) is 18.2 Å². The van der Waals surface area contributed by atoms with E-state index < -0.39 is 22.1 Å². The van der Waals surface area contributed by atoms with Crippen LogP contribution in [0.3, 0.4) is 0 Å². The molecule has 2 N–H and O–H groups in total. The van der Waals surface area contributed by atoms with E-state index in [2.05, 4.69) is 0 Å². The van der Waals surface area contributed by atoms with Crippen molar-refractivity contribution < 1.29 is 19.9 Å². The largest absolute Gasteiger partial charge is 0.502 e. The number of nitrogens with zero attached hydrogens (tertiary/aromatic N) is 1. The lowest BCUT2D eigenvalue weighted by Gasteiger charge is -2.22. The van der Waals surface area contributed by atoms with Gasteiger partial charge in [0.1, 0.15) is 0 Å². The number of carboxylic acid groups (broad SMARTS) is 1. The van der Waals surface area contributed by atoms with Crippen LogP contribution >= 0.6 is 0 Å². The first kappa shape index (κ1) is 13.0. The second-order valence-corrected chi connectivity index (χ2v) is 4.42. The summed E-state index contributed by atoms with van der Waals surface area (Å²) in [6, 6.07) is 3.87. The molecular weight excluding hydrogens is 226 g/mol. The van der Waals surface area contributed by atoms with Gasteiger partial charge in [-0.3, -0.25) is 14.9 Å². The summed E-state index contributed by atoms with van der Waals surface area (Å²) in [4.78, 5) is 20.5. The highest BCUT2D eigenvalue weighted by Gasteiger charge is 2.26. The Morgan fingerprint density at radius 1 is 1.47 bits per heavy atom. The first-order chi connectivity index (χ1) is 7.74. The van der Waals surface area contributed by atoms with Crippen LogP contribution in [0, 0.1) is 10.1 Å². The maximum atomic E-state index is 10.7. The SMILES string of the molecule is CC(C)(CC(=O)O)c1ccc([N+](=O)[O-])c(O)c1. The molecule has 6 nitrogen and oxygen atoms in total. The van der Waals surface area contributed by atoms with E-state index in [1.54, 1.807) is 13.8 Å². The quantitative estimate of drug-likeness (QED) is 0.618. The normalized spacial score (nSPS) is 11.2. The maximum absolute atomic E-state index is 10.7. The van der Waals surface area contributed by atoms with Gasteiger partial charge in [0.05, 0.1) is 11.3 Å². The van der Waals surface area contributed by atoms with E-state index in [1.807, 2.05) is 0 Å². The van der Waals surface area contributed by atoms with Crippen LogP contribution in [-0.2, 0) is 10.2 Å². The number of carboxylic acids is 1. The highest BCUT2D eigenvalue weighted by Crippen LogP contribution is 2.33. The van der Waals surface area contributed by atoms with Crippen molar-refractivity contribution in [2.75, 3.05) is 0 Å². The van der Waals surface area contributed by atoms with E-state index in [0.29, 0.717) is 5.56 Å². The number of aliphatic carboxylic acids is 1. The Morgan fingerprint density at radius 2 is 2.06 bits per heavy atom. The van der Waals surface area contributed by atoms with Gasteiger partial charge in [-0.25, -0.2) is 0 Å². The molecule has 0 aliphatic rings. The molecule has 1 aromatic carbocycles. The minimum atomic E-state index is -0.965. The molecule has 0 aromatic heterocycles. The van der Waals surface area contributed by atoms with E-state index in [9.17, 15) is 20.0 Å². The number of phenolic OH excluding ortho intramolecular Hbond substituents is 1. The van der Waals surface area contributed by atoms with E-state index in [0.717, 1.165) is 0 Å². The minimum Gasteiger partial charge on any atom is -0.502 e. The molecule has 0 atom stereocenters. The third-order valence-corrected chi connectivity index (χ3v) is 2.55. The predicted octanol–water partition coefficient (Wildman–Crippen LogP) is 2.05. The van der Waals surface area contributed by atoms with Gasteiger partial charge in [-0.2, -0.15) is 0 Å². The first-order valence-electron chi connectivity index (χ1n) is 4.94. The molecule has 0 aliphatic heterocycles. The van der Waals surface area contributed by atoms with Gasteiger partial charge < -0.3 is 10.2 Å². The van der Waals surface area contributed by atoms with Gasteiger partial charge in [0.15, 0.2) is 5.75 Å². The molecule has 0 amide bonds. The summed E-state index contributed by atoms with van der Waals surface area (Å²) in [6.07, 6.45) is -0.121. The number of aromatic hydroxyl groups is 1. The number of rotatable bonds is 4. The Morgan fingerprint density at radius 3 is 2.47 bits per heavy atom. The molecule has 0 saturated carbocycles. The highest BCUT2D eigenvalue weighted by atomic mass is 16.6. The molecule has 92 valence electrons. The van der Waals surface area contributed by atoms with Crippen molar-refractivity contribution in [2.45, 2.75) is 25.7 Å². The lowest BCUT2D eigenvalue weighted by Crippen LogP contribution is -2.21. The number of hydrogen-bond donors (Lipinski definition) is 2. The Balaban J connectivity index is 3.13. The zero-order chi connectivity index (χ0) is 13.2. The van der Waals surface area contributed by atoms with Gasteiger partial charge in [0.2, 0.25) is 0 Å². The topological polar surface area (TPSA) is 101 Å². The van der Waals surface area contributed by atoms with E-state index >= 15 is 0 Å². The van der Waals surface area contributed by atoms with Gasteiger partial charge in [0.25, 0.3) is 0 Å².